The largest absolute Gasteiger partial charge is 0.464 e. The van der Waals surface area contributed by atoms with Crippen LogP contribution >= 0.6 is 0 Å². The number of aryl methyl sites for hydroxylation is 2. The van der Waals surface area contributed by atoms with E-state index in [-0.39, 0.29) is 11.9 Å². The van der Waals surface area contributed by atoms with Crippen molar-refractivity contribution in [1.29, 1.82) is 0 Å². The van der Waals surface area contributed by atoms with Crippen LogP contribution in [0.15, 0.2) is 18.2 Å². The van der Waals surface area contributed by atoms with Crippen LogP contribution < -0.4 is 0 Å². The summed E-state index contributed by atoms with van der Waals surface area (Å²) in [5, 5.41) is 0. The van der Waals surface area contributed by atoms with E-state index in [9.17, 15) is 9.59 Å². The lowest BCUT2D eigenvalue weighted by molar-refractivity contribution is -0.147. The zero-order valence-corrected chi connectivity index (χ0v) is 12.3. The van der Waals surface area contributed by atoms with Crippen molar-refractivity contribution in [1.82, 2.24) is 4.90 Å². The third-order valence-corrected chi connectivity index (χ3v) is 3.68. The number of rotatable bonds is 3. The van der Waals surface area contributed by atoms with Crippen LogP contribution in [0.5, 0.6) is 0 Å². The van der Waals surface area contributed by atoms with Crippen molar-refractivity contribution < 1.29 is 14.3 Å². The van der Waals surface area contributed by atoms with Gasteiger partial charge in [0.1, 0.15) is 6.04 Å². The predicted molar refractivity (Wildman–Crippen MR) is 76.6 cm³/mol. The molecule has 1 saturated heterocycles. The minimum atomic E-state index is -0.428. The van der Waals surface area contributed by atoms with Gasteiger partial charge in [0, 0.05) is 12.1 Å². The first-order valence-electron chi connectivity index (χ1n) is 7.09. The Morgan fingerprint density at radius 1 is 1.35 bits per heavy atom. The number of hydrogen-bond donors (Lipinski definition) is 0. The molecule has 1 aliphatic heterocycles. The highest BCUT2D eigenvalue weighted by Crippen LogP contribution is 2.23. The zero-order valence-electron chi connectivity index (χ0n) is 12.3. The van der Waals surface area contributed by atoms with E-state index >= 15 is 0 Å². The molecular formula is C16H21NO3. The van der Waals surface area contributed by atoms with Gasteiger partial charge in [-0.25, -0.2) is 4.79 Å². The minimum absolute atomic E-state index is 0.0712. The van der Waals surface area contributed by atoms with Crippen molar-refractivity contribution in [2.45, 2.75) is 39.7 Å². The van der Waals surface area contributed by atoms with Gasteiger partial charge in [-0.1, -0.05) is 17.7 Å². The second-order valence-electron chi connectivity index (χ2n) is 5.23. The first-order chi connectivity index (χ1) is 9.54. The molecule has 1 amide bonds. The summed E-state index contributed by atoms with van der Waals surface area (Å²) >= 11 is 0. The first-order valence-corrected chi connectivity index (χ1v) is 7.09. The minimum Gasteiger partial charge on any atom is -0.464 e. The third kappa shape index (κ3) is 2.84. The molecule has 0 spiro atoms. The summed E-state index contributed by atoms with van der Waals surface area (Å²) in [5.41, 5.74) is 2.75. The molecule has 1 fully saturated rings. The molecule has 0 aromatic heterocycles. The number of nitrogens with zero attached hydrogens (tertiary/aromatic N) is 1. The zero-order chi connectivity index (χ0) is 14.7. The standard InChI is InChI=1S/C16H21NO3/c1-4-20-16(19)14-6-5-9-17(14)15(18)13-8-7-11(2)10-12(13)3/h7-8,10,14H,4-6,9H2,1-3H3. The number of ether oxygens (including phenoxy) is 1. The molecule has 1 unspecified atom stereocenters. The summed E-state index contributed by atoms with van der Waals surface area (Å²) in [5.74, 6) is -0.360. The molecule has 1 aliphatic rings. The molecule has 4 heteroatoms. The number of carbonyl (C=O) groups is 2. The van der Waals surface area contributed by atoms with Crippen LogP contribution in [0.25, 0.3) is 0 Å². The van der Waals surface area contributed by atoms with Crippen molar-refractivity contribution in [2.24, 2.45) is 0 Å². The highest BCUT2D eigenvalue weighted by Gasteiger charge is 2.35. The molecule has 1 aromatic carbocycles. The van der Waals surface area contributed by atoms with E-state index in [1.807, 2.05) is 32.0 Å². The van der Waals surface area contributed by atoms with Gasteiger partial charge in [-0.3, -0.25) is 4.79 Å². The molecule has 0 radical (unpaired) electrons. The number of amides is 1. The van der Waals surface area contributed by atoms with Gasteiger partial charge in [0.15, 0.2) is 0 Å². The van der Waals surface area contributed by atoms with Crippen molar-refractivity contribution in [2.75, 3.05) is 13.2 Å². The van der Waals surface area contributed by atoms with Crippen LogP contribution in [-0.4, -0.2) is 36.0 Å². The van der Waals surface area contributed by atoms with Gasteiger partial charge >= 0.3 is 5.97 Å². The Morgan fingerprint density at radius 2 is 2.10 bits per heavy atom. The van der Waals surface area contributed by atoms with Crippen LogP contribution in [-0.2, 0) is 9.53 Å². The van der Waals surface area contributed by atoms with Crippen LogP contribution in [0.2, 0.25) is 0 Å². The van der Waals surface area contributed by atoms with Gasteiger partial charge in [-0.05, 0) is 45.2 Å². The second kappa shape index (κ2) is 6.07. The summed E-state index contributed by atoms with van der Waals surface area (Å²) in [7, 11) is 0. The molecule has 108 valence electrons. The molecule has 20 heavy (non-hydrogen) atoms. The summed E-state index contributed by atoms with van der Waals surface area (Å²) < 4.78 is 5.06. The second-order valence-corrected chi connectivity index (χ2v) is 5.23. The predicted octanol–water partition coefficient (Wildman–Crippen LogP) is 2.47. The molecule has 0 N–H and O–H groups in total. The maximum absolute atomic E-state index is 12.6. The molecule has 0 aliphatic carbocycles. The number of esters is 1. The highest BCUT2D eigenvalue weighted by molar-refractivity contribution is 5.98. The molecule has 4 nitrogen and oxygen atoms in total. The average molecular weight is 275 g/mol. The summed E-state index contributed by atoms with van der Waals surface area (Å²) in [6.07, 6.45) is 1.54. The lowest BCUT2D eigenvalue weighted by atomic mass is 10.0. The fraction of sp³-hybridized carbons (Fsp3) is 0.500. The Bertz CT molecular complexity index is 524. The maximum Gasteiger partial charge on any atom is 0.328 e. The Labute approximate surface area is 119 Å². The Balaban J connectivity index is 2.21. The normalized spacial score (nSPS) is 18.1. The van der Waals surface area contributed by atoms with Gasteiger partial charge < -0.3 is 9.64 Å². The average Bonchev–Trinajstić information content (AvgIpc) is 2.87. The van der Waals surface area contributed by atoms with Crippen molar-refractivity contribution in [3.05, 3.63) is 34.9 Å². The summed E-state index contributed by atoms with van der Waals surface area (Å²) in [4.78, 5) is 26.2. The first kappa shape index (κ1) is 14.6. The molecule has 2 rings (SSSR count). The van der Waals surface area contributed by atoms with Gasteiger partial charge in [-0.15, -0.1) is 0 Å². The summed E-state index contributed by atoms with van der Waals surface area (Å²) in [6, 6.07) is 5.33. The van der Waals surface area contributed by atoms with Crippen molar-refractivity contribution >= 4 is 11.9 Å². The van der Waals surface area contributed by atoms with E-state index in [2.05, 4.69) is 0 Å². The van der Waals surface area contributed by atoms with E-state index < -0.39 is 6.04 Å². The summed E-state index contributed by atoms with van der Waals surface area (Å²) in [6.45, 7) is 6.67. The lowest BCUT2D eigenvalue weighted by Crippen LogP contribution is -2.41. The van der Waals surface area contributed by atoms with Crippen molar-refractivity contribution in [3.63, 3.8) is 0 Å². The van der Waals surface area contributed by atoms with E-state index in [1.54, 1.807) is 11.8 Å². The molecule has 1 atom stereocenters. The Hall–Kier alpha value is -1.84. The SMILES string of the molecule is CCOC(=O)C1CCCN1C(=O)c1ccc(C)cc1C. The topological polar surface area (TPSA) is 46.6 Å². The smallest absolute Gasteiger partial charge is 0.328 e. The van der Waals surface area contributed by atoms with Crippen LogP contribution in [0, 0.1) is 13.8 Å². The number of hydrogen-bond acceptors (Lipinski definition) is 3. The fourth-order valence-electron chi connectivity index (χ4n) is 2.70. The number of benzene rings is 1. The molecule has 0 saturated carbocycles. The van der Waals surface area contributed by atoms with Gasteiger partial charge in [0.2, 0.25) is 0 Å². The Kier molecular flexibility index (Phi) is 4.42. The number of carbonyl (C=O) groups excluding carboxylic acids is 2. The highest BCUT2D eigenvalue weighted by atomic mass is 16.5. The third-order valence-electron chi connectivity index (χ3n) is 3.68. The molecule has 1 aromatic rings. The van der Waals surface area contributed by atoms with Gasteiger partial charge in [0.25, 0.3) is 5.91 Å². The fourth-order valence-corrected chi connectivity index (χ4v) is 2.70. The van der Waals surface area contributed by atoms with Crippen molar-refractivity contribution in [3.8, 4) is 0 Å². The lowest BCUT2D eigenvalue weighted by Gasteiger charge is -2.24. The molecule has 1 heterocycles. The molecular weight excluding hydrogens is 254 g/mol. The van der Waals surface area contributed by atoms with E-state index in [4.69, 9.17) is 4.74 Å². The van der Waals surface area contributed by atoms with Crippen LogP contribution in [0.1, 0.15) is 41.3 Å². The molecule has 0 bridgehead atoms. The monoisotopic (exact) mass is 275 g/mol. The van der Waals surface area contributed by atoms with Gasteiger partial charge in [0.05, 0.1) is 6.61 Å². The van der Waals surface area contributed by atoms with E-state index in [0.29, 0.717) is 25.1 Å². The van der Waals surface area contributed by atoms with E-state index in [0.717, 1.165) is 17.5 Å². The quantitative estimate of drug-likeness (QED) is 0.796. The van der Waals surface area contributed by atoms with Crippen LogP contribution in [0.3, 0.4) is 0 Å². The van der Waals surface area contributed by atoms with Gasteiger partial charge in [-0.2, -0.15) is 0 Å². The maximum atomic E-state index is 12.6. The van der Waals surface area contributed by atoms with E-state index in [1.165, 1.54) is 0 Å². The number of likely N-dealkylation sites (tertiary alicyclic amines) is 1. The Morgan fingerprint density at radius 3 is 2.75 bits per heavy atom. The van der Waals surface area contributed by atoms with Crippen LogP contribution in [0.4, 0.5) is 0 Å².